The molecule has 1 rings (SSSR count). The molecule has 6 nitrogen and oxygen atoms in total. The van der Waals surface area contributed by atoms with E-state index in [1.807, 2.05) is 0 Å². The summed E-state index contributed by atoms with van der Waals surface area (Å²) < 4.78 is 5.05. The van der Waals surface area contributed by atoms with Gasteiger partial charge in [0.25, 0.3) is 0 Å². The second kappa shape index (κ2) is 5.57. The third kappa shape index (κ3) is 4.48. The fourth-order valence-electron chi connectivity index (χ4n) is 1.11. The number of nitrogens with zero attached hydrogens (tertiary/aromatic N) is 2. The molecule has 6 heteroatoms. The minimum Gasteiger partial charge on any atom is -0.444 e. The van der Waals surface area contributed by atoms with Gasteiger partial charge < -0.3 is 9.53 Å². The van der Waals surface area contributed by atoms with E-state index in [0.717, 1.165) is 6.29 Å². The van der Waals surface area contributed by atoms with Gasteiger partial charge in [-0.2, -0.15) is 0 Å². The summed E-state index contributed by atoms with van der Waals surface area (Å²) >= 11 is 0. The predicted octanol–water partition coefficient (Wildman–Crippen LogP) is 2.13. The van der Waals surface area contributed by atoms with Gasteiger partial charge in [-0.1, -0.05) is 6.92 Å². The van der Waals surface area contributed by atoms with E-state index in [9.17, 15) is 9.59 Å². The summed E-state index contributed by atoms with van der Waals surface area (Å²) in [6.07, 6.45) is 3.19. The number of hydrogen-bond donors (Lipinski definition) is 1. The Bertz CT molecular complexity index is 423. The molecule has 1 aromatic rings. The number of amides is 1. The molecule has 0 aliphatic carbocycles. The van der Waals surface area contributed by atoms with Crippen molar-refractivity contribution in [3.63, 3.8) is 0 Å². The van der Waals surface area contributed by atoms with E-state index >= 15 is 0 Å². The molecule has 1 heterocycles. The maximum Gasteiger partial charge on any atom is 0.414 e. The molecule has 0 radical (unpaired) electrons. The monoisotopic (exact) mass is 251 g/mol. The Labute approximate surface area is 106 Å². The lowest BCUT2D eigenvalue weighted by Crippen LogP contribution is -2.27. The molecule has 98 valence electrons. The molecular weight excluding hydrogens is 234 g/mol. The Morgan fingerprint density at radius 2 is 1.94 bits per heavy atom. The fraction of sp³-hybridized carbons (Fsp3) is 0.500. The molecule has 0 fully saturated rings. The number of carbonyl (C=O) groups is 2. The summed E-state index contributed by atoms with van der Waals surface area (Å²) in [5, 5.41) is 2.41. The largest absolute Gasteiger partial charge is 0.444 e. The van der Waals surface area contributed by atoms with Gasteiger partial charge in [0, 0.05) is 18.3 Å². The molecule has 1 unspecified atom stereocenters. The van der Waals surface area contributed by atoms with Crippen molar-refractivity contribution in [1.82, 2.24) is 9.97 Å². The maximum absolute atomic E-state index is 11.4. The Balaban J connectivity index is 2.64. The van der Waals surface area contributed by atoms with Crippen LogP contribution in [0.25, 0.3) is 0 Å². The Kier molecular flexibility index (Phi) is 4.36. The van der Waals surface area contributed by atoms with Crippen molar-refractivity contribution < 1.29 is 14.3 Å². The Morgan fingerprint density at radius 1 is 1.39 bits per heavy atom. The highest BCUT2D eigenvalue weighted by molar-refractivity contribution is 5.82. The average Bonchev–Trinajstić information content (AvgIpc) is 2.26. The summed E-state index contributed by atoms with van der Waals surface area (Å²) in [6.45, 7) is 7.04. The first kappa shape index (κ1) is 14.1. The van der Waals surface area contributed by atoms with Crippen LogP contribution in [-0.4, -0.2) is 27.9 Å². The lowest BCUT2D eigenvalue weighted by atomic mass is 10.1. The van der Waals surface area contributed by atoms with Crippen LogP contribution in [0.2, 0.25) is 0 Å². The fourth-order valence-corrected chi connectivity index (χ4v) is 1.11. The van der Waals surface area contributed by atoms with Crippen molar-refractivity contribution in [1.29, 1.82) is 0 Å². The van der Waals surface area contributed by atoms with E-state index in [0.29, 0.717) is 5.56 Å². The van der Waals surface area contributed by atoms with E-state index in [-0.39, 0.29) is 11.9 Å². The standard InChI is InChI=1S/C12H17N3O3/c1-8(7-16)9-5-13-10(14-6-9)15-11(17)18-12(2,3)4/h5-8H,1-4H3,(H,13,14,15,17). The van der Waals surface area contributed by atoms with Crippen LogP contribution in [0.5, 0.6) is 0 Å². The average molecular weight is 251 g/mol. The van der Waals surface area contributed by atoms with Gasteiger partial charge in [0.05, 0.1) is 0 Å². The maximum atomic E-state index is 11.4. The van der Waals surface area contributed by atoms with Gasteiger partial charge in [-0.25, -0.2) is 14.8 Å². The molecule has 1 N–H and O–H groups in total. The van der Waals surface area contributed by atoms with Crippen LogP contribution in [0, 0.1) is 0 Å². The summed E-state index contributed by atoms with van der Waals surface area (Å²) in [5.41, 5.74) is 0.121. The van der Waals surface area contributed by atoms with E-state index < -0.39 is 11.7 Å². The second-order valence-electron chi connectivity index (χ2n) is 4.89. The highest BCUT2D eigenvalue weighted by atomic mass is 16.6. The van der Waals surface area contributed by atoms with Crippen LogP contribution in [0.15, 0.2) is 12.4 Å². The van der Waals surface area contributed by atoms with Gasteiger partial charge in [-0.15, -0.1) is 0 Å². The van der Waals surface area contributed by atoms with E-state index in [2.05, 4.69) is 15.3 Å². The van der Waals surface area contributed by atoms with Crippen molar-refractivity contribution in [3.05, 3.63) is 18.0 Å². The molecule has 1 amide bonds. The predicted molar refractivity (Wildman–Crippen MR) is 66.4 cm³/mol. The third-order valence-electron chi connectivity index (χ3n) is 2.01. The summed E-state index contributed by atoms with van der Waals surface area (Å²) in [7, 11) is 0. The highest BCUT2D eigenvalue weighted by Gasteiger charge is 2.17. The van der Waals surface area contributed by atoms with Gasteiger partial charge in [-0.3, -0.25) is 5.32 Å². The lowest BCUT2D eigenvalue weighted by Gasteiger charge is -2.19. The SMILES string of the molecule is CC(C=O)c1cnc(NC(=O)OC(C)(C)C)nc1. The lowest BCUT2D eigenvalue weighted by molar-refractivity contribution is -0.108. The van der Waals surface area contributed by atoms with Gasteiger partial charge in [0.1, 0.15) is 11.9 Å². The van der Waals surface area contributed by atoms with Gasteiger partial charge in [0.2, 0.25) is 5.95 Å². The molecule has 0 aromatic carbocycles. The summed E-state index contributed by atoms with van der Waals surface area (Å²) in [5.74, 6) is -0.119. The molecule has 1 aromatic heterocycles. The van der Waals surface area contributed by atoms with Gasteiger partial charge in [-0.05, 0) is 26.3 Å². The quantitative estimate of drug-likeness (QED) is 0.832. The van der Waals surface area contributed by atoms with Crippen LogP contribution in [0.4, 0.5) is 10.7 Å². The first-order valence-electron chi connectivity index (χ1n) is 5.59. The minimum absolute atomic E-state index is 0.145. The summed E-state index contributed by atoms with van der Waals surface area (Å²) in [4.78, 5) is 29.9. The molecule has 0 saturated carbocycles. The van der Waals surface area contributed by atoms with Crippen LogP contribution in [0.3, 0.4) is 0 Å². The van der Waals surface area contributed by atoms with Crippen molar-refractivity contribution in [2.24, 2.45) is 0 Å². The number of carbonyl (C=O) groups excluding carboxylic acids is 2. The highest BCUT2D eigenvalue weighted by Crippen LogP contribution is 2.12. The number of nitrogens with one attached hydrogen (secondary N) is 1. The second-order valence-corrected chi connectivity index (χ2v) is 4.89. The number of anilines is 1. The third-order valence-corrected chi connectivity index (χ3v) is 2.01. The van der Waals surface area contributed by atoms with Crippen LogP contribution < -0.4 is 5.32 Å². The molecule has 0 saturated heterocycles. The molecule has 18 heavy (non-hydrogen) atoms. The molecular formula is C12H17N3O3. The van der Waals surface area contributed by atoms with Crippen molar-refractivity contribution >= 4 is 18.3 Å². The van der Waals surface area contributed by atoms with Crippen molar-refractivity contribution in [3.8, 4) is 0 Å². The number of rotatable bonds is 3. The first-order valence-corrected chi connectivity index (χ1v) is 5.59. The topological polar surface area (TPSA) is 81.2 Å². The van der Waals surface area contributed by atoms with E-state index in [4.69, 9.17) is 4.74 Å². The number of hydrogen-bond acceptors (Lipinski definition) is 5. The van der Waals surface area contributed by atoms with Gasteiger partial charge >= 0.3 is 6.09 Å². The molecule has 0 aliphatic heterocycles. The van der Waals surface area contributed by atoms with Crippen LogP contribution in [0.1, 0.15) is 39.2 Å². The van der Waals surface area contributed by atoms with Crippen molar-refractivity contribution in [2.75, 3.05) is 5.32 Å². The summed E-state index contributed by atoms with van der Waals surface area (Å²) in [6, 6.07) is 0. The van der Waals surface area contributed by atoms with Crippen LogP contribution >= 0.6 is 0 Å². The Hall–Kier alpha value is -1.98. The van der Waals surface area contributed by atoms with Crippen LogP contribution in [-0.2, 0) is 9.53 Å². The number of aromatic nitrogens is 2. The first-order chi connectivity index (χ1) is 8.31. The van der Waals surface area contributed by atoms with E-state index in [1.54, 1.807) is 27.7 Å². The zero-order chi connectivity index (χ0) is 13.8. The molecule has 0 bridgehead atoms. The smallest absolute Gasteiger partial charge is 0.414 e. The molecule has 0 aliphatic rings. The van der Waals surface area contributed by atoms with E-state index in [1.165, 1.54) is 12.4 Å². The molecule has 1 atom stereocenters. The Morgan fingerprint density at radius 3 is 2.39 bits per heavy atom. The molecule has 0 spiro atoms. The van der Waals surface area contributed by atoms with Crippen molar-refractivity contribution in [2.45, 2.75) is 39.2 Å². The minimum atomic E-state index is -0.612. The zero-order valence-corrected chi connectivity index (χ0v) is 10.9. The van der Waals surface area contributed by atoms with Gasteiger partial charge in [0.15, 0.2) is 0 Å². The zero-order valence-electron chi connectivity index (χ0n) is 10.9. The normalized spacial score (nSPS) is 12.7. The number of aldehydes is 1. The number of ether oxygens (including phenoxy) is 1.